The van der Waals surface area contributed by atoms with Gasteiger partial charge in [0.05, 0.1) is 4.90 Å². The van der Waals surface area contributed by atoms with E-state index in [1.807, 2.05) is 12.1 Å². The largest absolute Gasteiger partial charge is 0.371 e. The molecule has 90 valence electrons. The molecule has 0 radical (unpaired) electrons. The number of hydrogen-bond acceptors (Lipinski definition) is 3. The maximum Gasteiger partial charge on any atom is 0.175 e. The van der Waals surface area contributed by atoms with Gasteiger partial charge in [-0.2, -0.15) is 0 Å². The van der Waals surface area contributed by atoms with E-state index in [4.69, 9.17) is 0 Å². The molecule has 0 spiro atoms. The average molecular weight is 306 g/mol. The van der Waals surface area contributed by atoms with Crippen molar-refractivity contribution in [3.05, 3.63) is 24.3 Å². The Morgan fingerprint density at radius 3 is 2.19 bits per heavy atom. The van der Waals surface area contributed by atoms with Crippen LogP contribution in [0.15, 0.2) is 29.2 Å². The van der Waals surface area contributed by atoms with Crippen LogP contribution in [-0.2, 0) is 9.84 Å². The van der Waals surface area contributed by atoms with Gasteiger partial charge >= 0.3 is 0 Å². The van der Waals surface area contributed by atoms with Gasteiger partial charge in [-0.25, -0.2) is 8.42 Å². The van der Waals surface area contributed by atoms with Crippen LogP contribution < -0.4 is 4.90 Å². The van der Waals surface area contributed by atoms with E-state index in [1.54, 1.807) is 12.1 Å². The Hall–Kier alpha value is -0.550. The minimum Gasteiger partial charge on any atom is -0.371 e. The van der Waals surface area contributed by atoms with Gasteiger partial charge in [-0.3, -0.25) is 0 Å². The average Bonchev–Trinajstić information content (AvgIpc) is 2.25. The predicted octanol–water partition coefficient (Wildman–Crippen LogP) is 2.31. The molecule has 1 rings (SSSR count). The number of hydrogen-bond donors (Lipinski definition) is 0. The van der Waals surface area contributed by atoms with Crippen LogP contribution in [0, 0.1) is 0 Å². The van der Waals surface area contributed by atoms with E-state index in [2.05, 4.69) is 27.8 Å². The van der Waals surface area contributed by atoms with Crippen LogP contribution in [0.2, 0.25) is 0 Å². The number of nitrogens with zero attached hydrogens (tertiary/aromatic N) is 1. The molecule has 0 fully saturated rings. The fraction of sp³-hybridized carbons (Fsp3) is 0.455. The zero-order valence-corrected chi connectivity index (χ0v) is 11.9. The van der Waals surface area contributed by atoms with Gasteiger partial charge in [-0.05, 0) is 31.2 Å². The number of alkyl halides is 1. The summed E-state index contributed by atoms with van der Waals surface area (Å²) >= 11 is 3.40. The molecule has 0 aromatic heterocycles. The molecule has 0 aliphatic rings. The number of anilines is 1. The van der Waals surface area contributed by atoms with E-state index in [1.165, 1.54) is 6.26 Å². The Balaban J connectivity index is 2.93. The molecule has 0 amide bonds. The standard InChI is InChI=1S/C11H16BrNO2S/c1-3-13(9-8-12)10-4-6-11(7-5-10)16(2,14)15/h4-7H,3,8-9H2,1-2H3. The van der Waals surface area contributed by atoms with Crippen molar-refractivity contribution in [1.29, 1.82) is 0 Å². The summed E-state index contributed by atoms with van der Waals surface area (Å²) in [5.41, 5.74) is 1.05. The van der Waals surface area contributed by atoms with Crippen molar-refractivity contribution in [2.45, 2.75) is 11.8 Å². The monoisotopic (exact) mass is 305 g/mol. The summed E-state index contributed by atoms with van der Waals surface area (Å²) in [4.78, 5) is 2.55. The van der Waals surface area contributed by atoms with Crippen molar-refractivity contribution in [3.8, 4) is 0 Å². The smallest absolute Gasteiger partial charge is 0.175 e. The van der Waals surface area contributed by atoms with Crippen LogP contribution in [0.1, 0.15) is 6.92 Å². The Morgan fingerprint density at radius 1 is 1.25 bits per heavy atom. The molecule has 0 bridgehead atoms. The Morgan fingerprint density at radius 2 is 1.81 bits per heavy atom. The molecule has 5 heteroatoms. The molecule has 0 heterocycles. The third kappa shape index (κ3) is 3.49. The van der Waals surface area contributed by atoms with Crippen molar-refractivity contribution in [2.24, 2.45) is 0 Å². The van der Waals surface area contributed by atoms with Crippen molar-refractivity contribution in [3.63, 3.8) is 0 Å². The molecule has 0 saturated carbocycles. The van der Waals surface area contributed by atoms with Crippen LogP contribution >= 0.6 is 15.9 Å². The van der Waals surface area contributed by atoms with E-state index >= 15 is 0 Å². The third-order valence-electron chi connectivity index (χ3n) is 2.37. The van der Waals surface area contributed by atoms with Crippen LogP contribution in [0.3, 0.4) is 0 Å². The van der Waals surface area contributed by atoms with Crippen LogP contribution in [0.25, 0.3) is 0 Å². The van der Waals surface area contributed by atoms with Crippen LogP contribution in [0.5, 0.6) is 0 Å². The molecule has 0 N–H and O–H groups in total. The zero-order valence-electron chi connectivity index (χ0n) is 9.48. The second-order valence-corrected chi connectivity index (χ2v) is 6.34. The fourth-order valence-corrected chi connectivity index (χ4v) is 2.53. The molecule has 1 aromatic rings. The maximum absolute atomic E-state index is 11.3. The SMILES string of the molecule is CCN(CCBr)c1ccc(S(C)(=O)=O)cc1. The predicted molar refractivity (Wildman–Crippen MR) is 71.2 cm³/mol. The zero-order chi connectivity index (χ0) is 12.2. The first kappa shape index (κ1) is 13.5. The molecular weight excluding hydrogens is 290 g/mol. The van der Waals surface area contributed by atoms with Gasteiger partial charge in [0, 0.05) is 30.4 Å². The van der Waals surface area contributed by atoms with E-state index in [0.29, 0.717) is 4.90 Å². The van der Waals surface area contributed by atoms with E-state index in [-0.39, 0.29) is 0 Å². The highest BCUT2D eigenvalue weighted by Crippen LogP contribution is 2.17. The third-order valence-corrected chi connectivity index (χ3v) is 3.85. The summed E-state index contributed by atoms with van der Waals surface area (Å²) in [6, 6.07) is 7.01. The number of rotatable bonds is 5. The van der Waals surface area contributed by atoms with Gasteiger partial charge in [-0.1, -0.05) is 15.9 Å². The van der Waals surface area contributed by atoms with E-state index in [9.17, 15) is 8.42 Å². The number of sulfone groups is 1. The number of benzene rings is 1. The number of halogens is 1. The molecule has 0 unspecified atom stereocenters. The van der Waals surface area contributed by atoms with Gasteiger partial charge in [0.25, 0.3) is 0 Å². The lowest BCUT2D eigenvalue weighted by molar-refractivity contribution is 0.602. The highest BCUT2D eigenvalue weighted by atomic mass is 79.9. The maximum atomic E-state index is 11.3. The second kappa shape index (κ2) is 5.68. The van der Waals surface area contributed by atoms with E-state index < -0.39 is 9.84 Å². The van der Waals surface area contributed by atoms with Gasteiger partial charge in [-0.15, -0.1) is 0 Å². The lowest BCUT2D eigenvalue weighted by Crippen LogP contribution is -2.24. The second-order valence-electron chi connectivity index (χ2n) is 3.53. The first-order chi connectivity index (χ1) is 7.49. The molecule has 0 aliphatic carbocycles. The Bertz CT molecular complexity index is 428. The van der Waals surface area contributed by atoms with Gasteiger partial charge in [0.15, 0.2) is 9.84 Å². The molecule has 0 saturated heterocycles. The first-order valence-electron chi connectivity index (χ1n) is 5.10. The van der Waals surface area contributed by atoms with Crippen molar-refractivity contribution >= 4 is 31.5 Å². The van der Waals surface area contributed by atoms with Gasteiger partial charge in [0.2, 0.25) is 0 Å². The summed E-state index contributed by atoms with van der Waals surface area (Å²) in [6.45, 7) is 3.89. The topological polar surface area (TPSA) is 37.4 Å². The summed E-state index contributed by atoms with van der Waals surface area (Å²) in [5.74, 6) is 0. The summed E-state index contributed by atoms with van der Waals surface area (Å²) in [5, 5.41) is 0.897. The first-order valence-corrected chi connectivity index (χ1v) is 8.11. The molecule has 0 aliphatic heterocycles. The van der Waals surface area contributed by atoms with Gasteiger partial charge in [0.1, 0.15) is 0 Å². The van der Waals surface area contributed by atoms with Crippen LogP contribution in [-0.4, -0.2) is 33.1 Å². The highest BCUT2D eigenvalue weighted by Gasteiger charge is 2.08. The Kier molecular flexibility index (Phi) is 4.80. The molecule has 1 aromatic carbocycles. The lowest BCUT2D eigenvalue weighted by atomic mass is 10.3. The van der Waals surface area contributed by atoms with Gasteiger partial charge < -0.3 is 4.90 Å². The summed E-state index contributed by atoms with van der Waals surface area (Å²) < 4.78 is 22.6. The highest BCUT2D eigenvalue weighted by molar-refractivity contribution is 9.09. The molecule has 0 atom stereocenters. The van der Waals surface area contributed by atoms with E-state index in [0.717, 1.165) is 24.1 Å². The van der Waals surface area contributed by atoms with Crippen molar-refractivity contribution in [2.75, 3.05) is 29.6 Å². The van der Waals surface area contributed by atoms with Crippen molar-refractivity contribution in [1.82, 2.24) is 0 Å². The summed E-state index contributed by atoms with van der Waals surface area (Å²) in [7, 11) is -3.09. The normalized spacial score (nSPS) is 11.4. The van der Waals surface area contributed by atoms with Crippen molar-refractivity contribution < 1.29 is 8.42 Å². The molecule has 3 nitrogen and oxygen atoms in total. The fourth-order valence-electron chi connectivity index (χ4n) is 1.48. The Labute approximate surface area is 106 Å². The van der Waals surface area contributed by atoms with Crippen LogP contribution in [0.4, 0.5) is 5.69 Å². The lowest BCUT2D eigenvalue weighted by Gasteiger charge is -2.22. The minimum atomic E-state index is -3.09. The molecular formula is C11H16BrNO2S. The minimum absolute atomic E-state index is 0.367. The summed E-state index contributed by atoms with van der Waals surface area (Å²) in [6.07, 6.45) is 1.22. The molecule has 16 heavy (non-hydrogen) atoms. The quantitative estimate of drug-likeness (QED) is 0.784.